The highest BCUT2D eigenvalue weighted by atomic mass is 19.1. The third-order valence-corrected chi connectivity index (χ3v) is 2.65. The Morgan fingerprint density at radius 3 is 2.79 bits per heavy atom. The van der Waals surface area contributed by atoms with Crippen LogP contribution < -0.4 is 5.32 Å². The van der Waals surface area contributed by atoms with Crippen molar-refractivity contribution in [2.75, 3.05) is 6.54 Å². The largest absolute Gasteiger partial charge is 0.390 e. The summed E-state index contributed by atoms with van der Waals surface area (Å²) in [7, 11) is 0. The molecule has 2 atom stereocenters. The normalized spacial score (nSPS) is 13.4. The van der Waals surface area contributed by atoms with Crippen molar-refractivity contribution >= 4 is 5.91 Å². The van der Waals surface area contributed by atoms with Crippen LogP contribution in [-0.2, 0) is 4.79 Å². The van der Waals surface area contributed by atoms with E-state index in [4.69, 9.17) is 5.26 Å². The molecule has 1 amide bonds. The summed E-state index contributed by atoms with van der Waals surface area (Å²) in [4.78, 5) is 10.7. The summed E-state index contributed by atoms with van der Waals surface area (Å²) in [6.45, 7) is 1.51. The summed E-state index contributed by atoms with van der Waals surface area (Å²) >= 11 is 0. The van der Waals surface area contributed by atoms with E-state index >= 15 is 0 Å². The van der Waals surface area contributed by atoms with Crippen molar-refractivity contribution in [2.24, 2.45) is 0 Å². The van der Waals surface area contributed by atoms with Gasteiger partial charge in [-0.1, -0.05) is 12.1 Å². The number of hydrogen-bond donors (Lipinski definition) is 3. The van der Waals surface area contributed by atoms with Crippen molar-refractivity contribution < 1.29 is 19.4 Å². The highest BCUT2D eigenvalue weighted by Crippen LogP contribution is 2.23. The zero-order valence-corrected chi connectivity index (χ0v) is 10.4. The minimum atomic E-state index is -1.44. The quantitative estimate of drug-likeness (QED) is 0.728. The number of rotatable bonds is 5. The fourth-order valence-corrected chi connectivity index (χ4v) is 1.63. The number of aliphatic hydroxyl groups is 2. The molecule has 0 saturated carbocycles. The van der Waals surface area contributed by atoms with Crippen LogP contribution in [0.1, 0.15) is 30.6 Å². The Hall–Kier alpha value is -1.97. The molecule has 102 valence electrons. The highest BCUT2D eigenvalue weighted by Gasteiger charge is 2.22. The number of halogens is 1. The smallest absolute Gasteiger partial charge is 0.216 e. The fourth-order valence-electron chi connectivity index (χ4n) is 1.63. The van der Waals surface area contributed by atoms with Gasteiger partial charge in [0.05, 0.1) is 11.7 Å². The predicted molar refractivity (Wildman–Crippen MR) is 65.4 cm³/mol. The van der Waals surface area contributed by atoms with E-state index in [1.807, 2.05) is 0 Å². The molecule has 19 heavy (non-hydrogen) atoms. The maximum Gasteiger partial charge on any atom is 0.216 e. The molecule has 0 fully saturated rings. The Morgan fingerprint density at radius 2 is 2.21 bits per heavy atom. The Bertz CT molecular complexity index is 499. The highest BCUT2D eigenvalue weighted by molar-refractivity contribution is 5.72. The first-order valence-corrected chi connectivity index (χ1v) is 5.76. The second-order valence-electron chi connectivity index (χ2n) is 4.10. The molecule has 0 bridgehead atoms. The summed E-state index contributed by atoms with van der Waals surface area (Å²) in [5.74, 6) is -1.09. The van der Waals surface area contributed by atoms with Gasteiger partial charge >= 0.3 is 0 Å². The van der Waals surface area contributed by atoms with Crippen molar-refractivity contribution in [2.45, 2.75) is 25.6 Å². The third-order valence-electron chi connectivity index (χ3n) is 2.65. The number of benzene rings is 1. The van der Waals surface area contributed by atoms with E-state index in [0.29, 0.717) is 0 Å². The number of carbonyl (C=O) groups is 1. The number of nitrogens with one attached hydrogen (secondary N) is 1. The van der Waals surface area contributed by atoms with Gasteiger partial charge in [-0.25, -0.2) is 4.39 Å². The average molecular weight is 266 g/mol. The molecule has 1 aromatic rings. The van der Waals surface area contributed by atoms with Crippen molar-refractivity contribution in [3.8, 4) is 6.07 Å². The zero-order valence-electron chi connectivity index (χ0n) is 10.4. The van der Waals surface area contributed by atoms with Crippen LogP contribution in [0.3, 0.4) is 0 Å². The molecule has 0 aliphatic heterocycles. The van der Waals surface area contributed by atoms with Crippen molar-refractivity contribution in [3.05, 3.63) is 35.1 Å². The van der Waals surface area contributed by atoms with Gasteiger partial charge in [0.1, 0.15) is 18.0 Å². The minimum absolute atomic E-state index is 0.0803. The standard InChI is InChI=1S/C13H15FN2O3/c1-8(17)16-6-5-11(18)13(19)10-4-2-3-9(7-15)12(10)14/h2-4,11,13,18-19H,5-6H2,1H3,(H,16,17). The first-order valence-electron chi connectivity index (χ1n) is 5.76. The topological polar surface area (TPSA) is 93.3 Å². The molecule has 0 spiro atoms. The molecular weight excluding hydrogens is 251 g/mol. The van der Waals surface area contributed by atoms with E-state index in [2.05, 4.69) is 5.32 Å². The predicted octanol–water partition coefficient (Wildman–Crippen LogP) is 0.618. The Kier molecular flexibility index (Phi) is 5.42. The van der Waals surface area contributed by atoms with E-state index in [1.165, 1.54) is 25.1 Å². The van der Waals surface area contributed by atoms with Crippen LogP contribution in [-0.4, -0.2) is 28.8 Å². The lowest BCUT2D eigenvalue weighted by Gasteiger charge is -2.19. The van der Waals surface area contributed by atoms with Crippen molar-refractivity contribution in [1.82, 2.24) is 5.32 Å². The maximum absolute atomic E-state index is 13.8. The van der Waals surface area contributed by atoms with Gasteiger partial charge < -0.3 is 15.5 Å². The average Bonchev–Trinajstić information content (AvgIpc) is 2.37. The Balaban J connectivity index is 2.74. The van der Waals surface area contributed by atoms with Crippen LogP contribution in [0.4, 0.5) is 4.39 Å². The van der Waals surface area contributed by atoms with Gasteiger partial charge in [-0.2, -0.15) is 5.26 Å². The number of nitrogens with zero attached hydrogens (tertiary/aromatic N) is 1. The lowest BCUT2D eigenvalue weighted by Crippen LogP contribution is -2.28. The second-order valence-corrected chi connectivity index (χ2v) is 4.10. The Labute approximate surface area is 110 Å². The molecule has 1 aromatic carbocycles. The minimum Gasteiger partial charge on any atom is -0.390 e. The first kappa shape index (κ1) is 15.1. The zero-order chi connectivity index (χ0) is 14.4. The number of nitriles is 1. The number of aliphatic hydroxyl groups excluding tert-OH is 2. The molecule has 1 rings (SSSR count). The summed E-state index contributed by atoms with van der Waals surface area (Å²) in [6.07, 6.45) is -2.59. The summed E-state index contributed by atoms with van der Waals surface area (Å²) in [5.41, 5.74) is -0.319. The van der Waals surface area contributed by atoms with Gasteiger partial charge in [0, 0.05) is 19.0 Å². The van der Waals surface area contributed by atoms with Gasteiger partial charge in [-0.05, 0) is 12.5 Å². The maximum atomic E-state index is 13.8. The number of hydrogen-bond acceptors (Lipinski definition) is 4. The summed E-state index contributed by atoms with van der Waals surface area (Å²) in [6, 6.07) is 5.69. The van der Waals surface area contributed by atoms with Crippen LogP contribution >= 0.6 is 0 Å². The van der Waals surface area contributed by atoms with Crippen molar-refractivity contribution in [1.29, 1.82) is 5.26 Å². The molecule has 6 heteroatoms. The monoisotopic (exact) mass is 266 g/mol. The molecule has 0 aliphatic rings. The lowest BCUT2D eigenvalue weighted by atomic mass is 9.99. The van der Waals surface area contributed by atoms with Gasteiger partial charge in [-0.15, -0.1) is 0 Å². The van der Waals surface area contributed by atoms with Crippen molar-refractivity contribution in [3.63, 3.8) is 0 Å². The van der Waals surface area contributed by atoms with E-state index in [9.17, 15) is 19.4 Å². The van der Waals surface area contributed by atoms with Gasteiger partial charge in [0.25, 0.3) is 0 Å². The first-order chi connectivity index (χ1) is 8.97. The van der Waals surface area contributed by atoms with Crippen LogP contribution in [0, 0.1) is 17.1 Å². The molecule has 3 N–H and O–H groups in total. The second kappa shape index (κ2) is 6.83. The van der Waals surface area contributed by atoms with E-state index in [-0.39, 0.29) is 30.0 Å². The number of amides is 1. The molecule has 5 nitrogen and oxygen atoms in total. The van der Waals surface area contributed by atoms with E-state index in [1.54, 1.807) is 6.07 Å². The molecule has 0 aliphatic carbocycles. The fraction of sp³-hybridized carbons (Fsp3) is 0.385. The van der Waals surface area contributed by atoms with E-state index < -0.39 is 18.0 Å². The summed E-state index contributed by atoms with van der Waals surface area (Å²) < 4.78 is 13.8. The molecular formula is C13H15FN2O3. The van der Waals surface area contributed by atoms with Gasteiger partial charge in [0.2, 0.25) is 5.91 Å². The van der Waals surface area contributed by atoms with Crippen LogP contribution in [0.15, 0.2) is 18.2 Å². The summed E-state index contributed by atoms with van der Waals surface area (Å²) in [5, 5.41) is 30.7. The number of carbonyl (C=O) groups excluding carboxylic acids is 1. The van der Waals surface area contributed by atoms with E-state index in [0.717, 1.165) is 0 Å². The lowest BCUT2D eigenvalue weighted by molar-refractivity contribution is -0.119. The van der Waals surface area contributed by atoms with Gasteiger partial charge in [-0.3, -0.25) is 4.79 Å². The van der Waals surface area contributed by atoms with Gasteiger partial charge in [0.15, 0.2) is 0 Å². The molecule has 0 radical (unpaired) electrons. The van der Waals surface area contributed by atoms with Crippen LogP contribution in [0.5, 0.6) is 0 Å². The molecule has 0 heterocycles. The third kappa shape index (κ3) is 4.02. The van der Waals surface area contributed by atoms with Crippen LogP contribution in [0.2, 0.25) is 0 Å². The van der Waals surface area contributed by atoms with Crippen LogP contribution in [0.25, 0.3) is 0 Å². The molecule has 0 aromatic heterocycles. The Morgan fingerprint density at radius 1 is 1.53 bits per heavy atom. The molecule has 0 saturated heterocycles. The molecule has 2 unspecified atom stereocenters. The SMILES string of the molecule is CC(=O)NCCC(O)C(O)c1cccc(C#N)c1F.